The highest BCUT2D eigenvalue weighted by Gasteiger charge is 2.14. The van der Waals surface area contributed by atoms with Gasteiger partial charge in [-0.2, -0.15) is 0 Å². The number of fused-ring (bicyclic) bond motifs is 1. The lowest BCUT2D eigenvalue weighted by molar-refractivity contribution is 0.448. The highest BCUT2D eigenvalue weighted by atomic mass is 35.5. The fraction of sp³-hybridized carbons (Fsp3) is 0. The SMILES string of the molecule is O=c1[nH]c2ccccc2n1-c1cc(C=Cc2ccc(Cl)cc2)c(O)cc1O. The van der Waals surface area contributed by atoms with E-state index in [0.717, 1.165) is 5.56 Å². The molecule has 0 aliphatic rings. The number of H-pyrrole nitrogens is 1. The van der Waals surface area contributed by atoms with Gasteiger partial charge in [0.05, 0.1) is 16.7 Å². The van der Waals surface area contributed by atoms with Crippen LogP contribution < -0.4 is 5.69 Å². The third kappa shape index (κ3) is 3.20. The van der Waals surface area contributed by atoms with Gasteiger partial charge in [-0.1, -0.05) is 48.0 Å². The van der Waals surface area contributed by atoms with Crippen LogP contribution in [0.25, 0.3) is 28.9 Å². The molecule has 0 aliphatic heterocycles. The van der Waals surface area contributed by atoms with Gasteiger partial charge in [-0.3, -0.25) is 4.57 Å². The van der Waals surface area contributed by atoms with E-state index in [-0.39, 0.29) is 22.9 Å². The zero-order valence-electron chi connectivity index (χ0n) is 14.1. The average Bonchev–Trinajstić information content (AvgIpc) is 2.98. The number of nitrogens with one attached hydrogen (secondary N) is 1. The number of benzene rings is 3. The number of nitrogens with zero attached hydrogens (tertiary/aromatic N) is 1. The molecule has 5 nitrogen and oxygen atoms in total. The molecule has 0 aliphatic carbocycles. The molecule has 0 saturated carbocycles. The highest BCUT2D eigenvalue weighted by Crippen LogP contribution is 2.32. The summed E-state index contributed by atoms with van der Waals surface area (Å²) in [6, 6.07) is 17.2. The third-order valence-electron chi connectivity index (χ3n) is 4.28. The van der Waals surface area contributed by atoms with Gasteiger partial charge in [0.15, 0.2) is 0 Å². The minimum atomic E-state index is -0.371. The Morgan fingerprint density at radius 3 is 2.44 bits per heavy atom. The van der Waals surface area contributed by atoms with Crippen molar-refractivity contribution in [3.8, 4) is 17.2 Å². The second-order valence-corrected chi connectivity index (χ2v) is 6.50. The molecule has 0 atom stereocenters. The Bertz CT molecular complexity index is 1220. The van der Waals surface area contributed by atoms with Crippen molar-refractivity contribution in [1.29, 1.82) is 0 Å². The van der Waals surface area contributed by atoms with E-state index < -0.39 is 0 Å². The van der Waals surface area contributed by atoms with Gasteiger partial charge in [0.1, 0.15) is 11.5 Å². The van der Waals surface area contributed by atoms with Crippen LogP contribution >= 0.6 is 11.6 Å². The zero-order chi connectivity index (χ0) is 19.0. The largest absolute Gasteiger partial charge is 0.507 e. The standard InChI is InChI=1S/C21H15ClN2O3/c22-15-9-6-13(7-10-15)5-8-14-11-18(20(26)12-19(14)25)24-17-4-2-1-3-16(17)23-21(24)27/h1-12,25-26H,(H,23,27). The normalized spacial score (nSPS) is 11.4. The van der Waals surface area contributed by atoms with Crippen LogP contribution in [0.1, 0.15) is 11.1 Å². The molecule has 27 heavy (non-hydrogen) atoms. The second kappa shape index (κ2) is 6.70. The number of rotatable bonds is 3. The van der Waals surface area contributed by atoms with Gasteiger partial charge in [0.25, 0.3) is 0 Å². The lowest BCUT2D eigenvalue weighted by atomic mass is 10.1. The van der Waals surface area contributed by atoms with Crippen molar-refractivity contribution >= 4 is 34.8 Å². The van der Waals surface area contributed by atoms with E-state index in [1.807, 2.05) is 30.3 Å². The Labute approximate surface area is 159 Å². The smallest absolute Gasteiger partial charge is 0.331 e. The molecule has 0 spiro atoms. The van der Waals surface area contributed by atoms with Gasteiger partial charge in [0.2, 0.25) is 0 Å². The van der Waals surface area contributed by atoms with Gasteiger partial charge >= 0.3 is 5.69 Å². The molecule has 0 unspecified atom stereocenters. The van der Waals surface area contributed by atoms with Crippen molar-refractivity contribution in [2.75, 3.05) is 0 Å². The van der Waals surface area contributed by atoms with Crippen molar-refractivity contribution in [3.63, 3.8) is 0 Å². The van der Waals surface area contributed by atoms with Gasteiger partial charge in [-0.15, -0.1) is 0 Å². The molecule has 0 radical (unpaired) electrons. The van der Waals surface area contributed by atoms with E-state index in [0.29, 0.717) is 21.6 Å². The number of aromatic amines is 1. The Morgan fingerprint density at radius 2 is 1.67 bits per heavy atom. The van der Waals surface area contributed by atoms with E-state index in [1.54, 1.807) is 36.4 Å². The molecule has 3 aromatic carbocycles. The molecule has 0 fully saturated rings. The number of hydrogen-bond acceptors (Lipinski definition) is 3. The highest BCUT2D eigenvalue weighted by molar-refractivity contribution is 6.30. The number of phenolic OH excluding ortho intramolecular Hbond substituents is 2. The van der Waals surface area contributed by atoms with Crippen LogP contribution in [0.3, 0.4) is 0 Å². The minimum Gasteiger partial charge on any atom is -0.507 e. The molecule has 0 bridgehead atoms. The number of hydrogen-bond donors (Lipinski definition) is 3. The van der Waals surface area contributed by atoms with Crippen molar-refractivity contribution in [1.82, 2.24) is 9.55 Å². The molecule has 6 heteroatoms. The zero-order valence-corrected chi connectivity index (χ0v) is 14.8. The summed E-state index contributed by atoms with van der Waals surface area (Å²) in [5, 5.41) is 21.1. The molecule has 134 valence electrons. The van der Waals surface area contributed by atoms with Crippen LogP contribution in [0, 0.1) is 0 Å². The summed E-state index contributed by atoms with van der Waals surface area (Å²) in [7, 11) is 0. The summed E-state index contributed by atoms with van der Waals surface area (Å²) < 4.78 is 1.38. The summed E-state index contributed by atoms with van der Waals surface area (Å²) in [6.45, 7) is 0. The van der Waals surface area contributed by atoms with Crippen LogP contribution in [-0.4, -0.2) is 19.8 Å². The number of phenols is 2. The fourth-order valence-corrected chi connectivity index (χ4v) is 3.07. The number of imidazole rings is 1. The molecule has 1 aromatic heterocycles. The van der Waals surface area contributed by atoms with E-state index in [4.69, 9.17) is 11.6 Å². The maximum Gasteiger partial charge on any atom is 0.331 e. The van der Waals surface area contributed by atoms with Crippen LogP contribution in [0.4, 0.5) is 0 Å². The summed E-state index contributed by atoms with van der Waals surface area (Å²) >= 11 is 5.88. The first kappa shape index (κ1) is 17.0. The molecular weight excluding hydrogens is 364 g/mol. The number of aromatic nitrogens is 2. The van der Waals surface area contributed by atoms with Crippen LogP contribution in [0.5, 0.6) is 11.5 Å². The average molecular weight is 379 g/mol. The van der Waals surface area contributed by atoms with Crippen molar-refractivity contribution in [2.24, 2.45) is 0 Å². The topological polar surface area (TPSA) is 78.2 Å². The lowest BCUT2D eigenvalue weighted by Gasteiger charge is -2.09. The lowest BCUT2D eigenvalue weighted by Crippen LogP contribution is -2.14. The van der Waals surface area contributed by atoms with E-state index in [1.165, 1.54) is 10.6 Å². The summed E-state index contributed by atoms with van der Waals surface area (Å²) in [5.74, 6) is -0.280. The Morgan fingerprint density at radius 1 is 0.926 bits per heavy atom. The Kier molecular flexibility index (Phi) is 4.22. The van der Waals surface area contributed by atoms with Crippen LogP contribution in [0.2, 0.25) is 5.02 Å². The molecular formula is C21H15ClN2O3. The molecule has 4 rings (SSSR count). The Balaban J connectivity index is 1.83. The number of para-hydroxylation sites is 2. The molecule has 1 heterocycles. The first-order chi connectivity index (χ1) is 13.0. The number of halogens is 1. The van der Waals surface area contributed by atoms with Gasteiger partial charge in [-0.25, -0.2) is 4.79 Å². The minimum absolute atomic E-state index is 0.0886. The van der Waals surface area contributed by atoms with Gasteiger partial charge in [0, 0.05) is 16.7 Å². The third-order valence-corrected chi connectivity index (χ3v) is 4.53. The van der Waals surface area contributed by atoms with Crippen LogP contribution in [0.15, 0.2) is 65.5 Å². The second-order valence-electron chi connectivity index (χ2n) is 6.07. The van der Waals surface area contributed by atoms with Gasteiger partial charge < -0.3 is 15.2 Å². The molecule has 0 saturated heterocycles. The summed E-state index contributed by atoms with van der Waals surface area (Å²) in [5.41, 5.74) is 2.58. The van der Waals surface area contributed by atoms with Crippen molar-refractivity contribution in [2.45, 2.75) is 0 Å². The fourth-order valence-electron chi connectivity index (χ4n) is 2.95. The molecule has 3 N–H and O–H groups in total. The molecule has 4 aromatic rings. The summed E-state index contributed by atoms with van der Waals surface area (Å²) in [4.78, 5) is 15.2. The maximum atomic E-state index is 12.4. The predicted molar refractivity (Wildman–Crippen MR) is 108 cm³/mol. The summed E-state index contributed by atoms with van der Waals surface area (Å²) in [6.07, 6.45) is 3.52. The quantitative estimate of drug-likeness (QED) is 0.457. The first-order valence-electron chi connectivity index (χ1n) is 8.23. The Hall–Kier alpha value is -3.44. The van der Waals surface area contributed by atoms with E-state index in [9.17, 15) is 15.0 Å². The number of aromatic hydroxyl groups is 2. The van der Waals surface area contributed by atoms with Crippen LogP contribution in [-0.2, 0) is 0 Å². The molecule has 0 amide bonds. The predicted octanol–water partition coefficient (Wildman–Crippen LogP) is 4.55. The first-order valence-corrected chi connectivity index (χ1v) is 8.60. The van der Waals surface area contributed by atoms with E-state index >= 15 is 0 Å². The van der Waals surface area contributed by atoms with Crippen molar-refractivity contribution < 1.29 is 10.2 Å². The van der Waals surface area contributed by atoms with Crippen molar-refractivity contribution in [3.05, 3.63) is 87.3 Å². The maximum absolute atomic E-state index is 12.4. The monoisotopic (exact) mass is 378 g/mol. The van der Waals surface area contributed by atoms with Gasteiger partial charge in [-0.05, 0) is 35.9 Å². The van der Waals surface area contributed by atoms with E-state index in [2.05, 4.69) is 4.98 Å².